The van der Waals surface area contributed by atoms with Crippen LogP contribution in [-0.4, -0.2) is 33.5 Å². The van der Waals surface area contributed by atoms with E-state index in [1.165, 1.54) is 10.1 Å². The molecule has 0 saturated heterocycles. The van der Waals surface area contributed by atoms with Crippen molar-refractivity contribution in [2.75, 3.05) is 0 Å². The second-order valence-corrected chi connectivity index (χ2v) is 6.46. The molecule has 4 heterocycles. The van der Waals surface area contributed by atoms with Crippen molar-refractivity contribution in [1.29, 1.82) is 0 Å². The zero-order valence-electron chi connectivity index (χ0n) is 15.0. The molecule has 0 aliphatic heterocycles. The molecule has 0 bridgehead atoms. The van der Waals surface area contributed by atoms with Crippen molar-refractivity contribution in [3.05, 3.63) is 53.1 Å². The van der Waals surface area contributed by atoms with Crippen molar-refractivity contribution < 1.29 is 48.9 Å². The quantitative estimate of drug-likeness (QED) is 0.327. The van der Waals surface area contributed by atoms with Crippen molar-refractivity contribution in [2.45, 2.75) is 6.92 Å². The Bertz CT molecular complexity index is 1010. The fourth-order valence-electron chi connectivity index (χ4n) is 1.94. The van der Waals surface area contributed by atoms with Gasteiger partial charge in [0.05, 0.1) is 9.40 Å². The van der Waals surface area contributed by atoms with Crippen LogP contribution in [0.5, 0.6) is 5.88 Å². The number of aromatic nitrogens is 2. The molecule has 0 amide bonds. The minimum Gasteiger partial charge on any atom is -0.870 e. The molecule has 0 unspecified atom stereocenters. The number of pyridine rings is 2. The molecule has 28 heavy (non-hydrogen) atoms. The van der Waals surface area contributed by atoms with Crippen molar-refractivity contribution >= 4 is 55.5 Å². The van der Waals surface area contributed by atoms with E-state index in [2.05, 4.69) is 32.2 Å². The van der Waals surface area contributed by atoms with E-state index in [1.54, 1.807) is 34.9 Å². The largest absolute Gasteiger partial charge is 1.00 e. The van der Waals surface area contributed by atoms with Gasteiger partial charge in [0.1, 0.15) is 0 Å². The molecule has 3 N–H and O–H groups in total. The van der Waals surface area contributed by atoms with Crippen molar-refractivity contribution in [3.8, 4) is 5.88 Å². The number of fused-ring (bicyclic) bond motifs is 2. The molecule has 0 aromatic carbocycles. The Morgan fingerprint density at radius 3 is 2.04 bits per heavy atom. The Balaban J connectivity index is 0. The van der Waals surface area contributed by atoms with Crippen LogP contribution in [0.15, 0.2) is 47.4 Å². The maximum atomic E-state index is 9.99. The van der Waals surface area contributed by atoms with Gasteiger partial charge in [-0.05, 0) is 46.7 Å². The van der Waals surface area contributed by atoms with E-state index in [1.807, 2.05) is 24.6 Å². The standard InChI is InChI=1S/C8H5NO2S.C8H7NS.CO2.Li.2H2O/c10-5-11-8-3-6-1-2-12-7(6)4-9-8;1-6-4-7-2-3-10-8(7)5-9-6;2-1-3;;;/h1-5H;2-5H,1H3;;;2*1H2/q;;;+1;;/p-1. The van der Waals surface area contributed by atoms with Crippen LogP contribution in [0.1, 0.15) is 5.69 Å². The summed E-state index contributed by atoms with van der Waals surface area (Å²) < 4.78 is 6.96. The van der Waals surface area contributed by atoms with Crippen molar-refractivity contribution in [3.63, 3.8) is 0 Å². The molecule has 4 rings (SSSR count). The van der Waals surface area contributed by atoms with E-state index in [9.17, 15) is 4.79 Å². The summed E-state index contributed by atoms with van der Waals surface area (Å²) in [5.74, 6) is 0.343. The van der Waals surface area contributed by atoms with Crippen molar-refractivity contribution in [2.24, 2.45) is 0 Å². The average Bonchev–Trinajstić information content (AvgIpc) is 3.24. The Hall–Kier alpha value is -2.41. The molecule has 11 heteroatoms. The summed E-state index contributed by atoms with van der Waals surface area (Å²) in [6, 6.07) is 7.92. The normalized spacial score (nSPS) is 8.32. The molecule has 0 atom stereocenters. The molecule has 0 saturated carbocycles. The Morgan fingerprint density at radius 1 is 1.00 bits per heavy atom. The number of rotatable bonds is 2. The van der Waals surface area contributed by atoms with Gasteiger partial charge in [-0.3, -0.25) is 9.78 Å². The first kappa shape index (κ1) is 27.8. The Labute approximate surface area is 180 Å². The number of carbonyl (C=O) groups is 1. The number of hydrogen-bond donors (Lipinski definition) is 0. The van der Waals surface area contributed by atoms with E-state index in [0.29, 0.717) is 12.4 Å². The van der Waals surface area contributed by atoms with E-state index in [0.717, 1.165) is 15.8 Å². The van der Waals surface area contributed by atoms with Gasteiger partial charge in [0.25, 0.3) is 6.47 Å². The summed E-state index contributed by atoms with van der Waals surface area (Å²) >= 11 is 3.34. The van der Waals surface area contributed by atoms with E-state index < -0.39 is 0 Å². The molecule has 0 aliphatic carbocycles. The van der Waals surface area contributed by atoms with Gasteiger partial charge in [0.2, 0.25) is 5.88 Å². The third kappa shape index (κ3) is 8.08. The van der Waals surface area contributed by atoms with Gasteiger partial charge in [0.15, 0.2) is 0 Å². The first-order chi connectivity index (χ1) is 12.2. The summed E-state index contributed by atoms with van der Waals surface area (Å²) in [6.07, 6.45) is 3.87. The topological polar surface area (TPSA) is 148 Å². The minimum absolute atomic E-state index is 0. The molecule has 0 fully saturated rings. The van der Waals surface area contributed by atoms with Crippen LogP contribution in [0.25, 0.3) is 20.2 Å². The van der Waals surface area contributed by atoms with Gasteiger partial charge in [-0.1, -0.05) is 0 Å². The number of nitrogens with zero attached hydrogens (tertiary/aromatic N) is 2. The smallest absolute Gasteiger partial charge is 0.870 e. The number of carbonyl (C=O) groups excluding carboxylic acids is 3. The van der Waals surface area contributed by atoms with E-state index >= 15 is 0 Å². The maximum Gasteiger partial charge on any atom is 1.00 e. The number of ether oxygens (including phenoxy) is 1. The van der Waals surface area contributed by atoms with Gasteiger partial charge in [-0.2, -0.15) is 9.59 Å². The molecule has 142 valence electrons. The predicted octanol–water partition coefficient (Wildman–Crippen LogP) is -0.145. The van der Waals surface area contributed by atoms with Gasteiger partial charge < -0.3 is 15.7 Å². The second kappa shape index (κ2) is 14.6. The molecule has 8 nitrogen and oxygen atoms in total. The van der Waals surface area contributed by atoms with Crippen LogP contribution >= 0.6 is 22.7 Å². The Morgan fingerprint density at radius 2 is 1.50 bits per heavy atom. The van der Waals surface area contributed by atoms with E-state index in [4.69, 9.17) is 9.59 Å². The average molecular weight is 414 g/mol. The third-order valence-electron chi connectivity index (χ3n) is 2.96. The SMILES string of the molecule is Cc1cc2ccsc2cn1.O.O=C=O.O=COc1cc2ccsc2cn1.[Li+].[OH-]. The zero-order chi connectivity index (χ0) is 18.1. The number of hydrogen-bond acceptors (Lipinski definition) is 9. The molecular formula is C17H15LiN2O6S2. The van der Waals surface area contributed by atoms with Gasteiger partial charge in [-0.15, -0.1) is 22.7 Å². The fraction of sp³-hybridized carbons (Fsp3) is 0.0588. The molecular weight excluding hydrogens is 399 g/mol. The Kier molecular flexibility index (Phi) is 14.5. The molecule has 0 aliphatic rings. The summed E-state index contributed by atoms with van der Waals surface area (Å²) in [7, 11) is 0. The third-order valence-corrected chi connectivity index (χ3v) is 4.70. The summed E-state index contributed by atoms with van der Waals surface area (Å²) in [6.45, 7) is 2.39. The first-order valence-electron chi connectivity index (χ1n) is 6.90. The predicted molar refractivity (Wildman–Crippen MR) is 101 cm³/mol. The fourth-order valence-corrected chi connectivity index (χ4v) is 3.41. The minimum atomic E-state index is 0. The number of thiophene rings is 2. The molecule has 0 radical (unpaired) electrons. The molecule has 0 spiro atoms. The van der Waals surface area contributed by atoms with Crippen LogP contribution < -0.4 is 23.6 Å². The van der Waals surface area contributed by atoms with Crippen LogP contribution in [0, 0.1) is 6.92 Å². The van der Waals surface area contributed by atoms with Crippen molar-refractivity contribution in [1.82, 2.24) is 9.97 Å². The van der Waals surface area contributed by atoms with Crippen LogP contribution in [0.3, 0.4) is 0 Å². The first-order valence-corrected chi connectivity index (χ1v) is 8.66. The number of aryl methyl sites for hydroxylation is 1. The zero-order valence-corrected chi connectivity index (χ0v) is 16.6. The summed E-state index contributed by atoms with van der Waals surface area (Å²) in [4.78, 5) is 34.4. The van der Waals surface area contributed by atoms with Crippen LogP contribution in [0.4, 0.5) is 0 Å². The maximum absolute atomic E-state index is 9.99. The summed E-state index contributed by atoms with van der Waals surface area (Å²) in [5.41, 5.74) is 1.09. The molecule has 4 aromatic heterocycles. The monoisotopic (exact) mass is 414 g/mol. The van der Waals surface area contributed by atoms with Gasteiger partial charge in [0, 0.05) is 24.2 Å². The van der Waals surface area contributed by atoms with Gasteiger partial charge >= 0.3 is 25.0 Å². The van der Waals surface area contributed by atoms with Gasteiger partial charge in [-0.25, -0.2) is 4.98 Å². The van der Waals surface area contributed by atoms with Crippen LogP contribution in [-0.2, 0) is 14.4 Å². The molecule has 4 aromatic rings. The summed E-state index contributed by atoms with van der Waals surface area (Å²) in [5, 5.41) is 6.41. The second-order valence-electron chi connectivity index (χ2n) is 4.56. The van der Waals surface area contributed by atoms with Crippen LogP contribution in [0.2, 0.25) is 0 Å². The van der Waals surface area contributed by atoms with E-state index in [-0.39, 0.29) is 36.0 Å².